The van der Waals surface area contributed by atoms with E-state index < -0.39 is 7.82 Å². The van der Waals surface area contributed by atoms with Crippen molar-refractivity contribution in [3.8, 4) is 0 Å². The average Bonchev–Trinajstić information content (AvgIpc) is 2.92. The SMILES string of the molecule is O=P(O)(O)OCCN(CCCO)C1CC1. The molecule has 0 spiro atoms. The van der Waals surface area contributed by atoms with Gasteiger partial charge in [0.1, 0.15) is 0 Å². The third kappa shape index (κ3) is 6.25. The van der Waals surface area contributed by atoms with Crippen LogP contribution in [-0.4, -0.2) is 52.1 Å². The zero-order valence-electron chi connectivity index (χ0n) is 8.58. The van der Waals surface area contributed by atoms with E-state index in [-0.39, 0.29) is 13.2 Å². The number of hydrogen-bond donors (Lipinski definition) is 3. The van der Waals surface area contributed by atoms with Gasteiger partial charge < -0.3 is 14.9 Å². The van der Waals surface area contributed by atoms with E-state index in [0.29, 0.717) is 19.0 Å². The lowest BCUT2D eigenvalue weighted by Gasteiger charge is -2.21. The highest BCUT2D eigenvalue weighted by Gasteiger charge is 2.28. The third-order valence-corrected chi connectivity index (χ3v) is 2.82. The monoisotopic (exact) mass is 239 g/mol. The van der Waals surface area contributed by atoms with Crippen molar-refractivity contribution < 1.29 is 24.0 Å². The van der Waals surface area contributed by atoms with E-state index in [9.17, 15) is 4.57 Å². The molecule has 0 heterocycles. The second kappa shape index (κ2) is 5.94. The molecule has 1 aliphatic rings. The largest absolute Gasteiger partial charge is 0.469 e. The summed E-state index contributed by atoms with van der Waals surface area (Å²) in [7, 11) is -4.33. The van der Waals surface area contributed by atoms with Crippen LogP contribution in [-0.2, 0) is 9.09 Å². The number of phosphoric acid groups is 1. The summed E-state index contributed by atoms with van der Waals surface area (Å²) < 4.78 is 14.8. The summed E-state index contributed by atoms with van der Waals surface area (Å²) >= 11 is 0. The average molecular weight is 239 g/mol. The molecule has 0 aromatic rings. The molecular weight excluding hydrogens is 221 g/mol. The van der Waals surface area contributed by atoms with Gasteiger partial charge in [-0.15, -0.1) is 0 Å². The summed E-state index contributed by atoms with van der Waals surface area (Å²) in [6, 6.07) is 0.511. The van der Waals surface area contributed by atoms with Gasteiger partial charge in [0.15, 0.2) is 0 Å². The van der Waals surface area contributed by atoms with Gasteiger partial charge in [0.2, 0.25) is 0 Å². The highest BCUT2D eigenvalue weighted by Crippen LogP contribution is 2.35. The first kappa shape index (κ1) is 13.1. The molecule has 1 fully saturated rings. The molecule has 0 aromatic heterocycles. The van der Waals surface area contributed by atoms with E-state index in [2.05, 4.69) is 9.42 Å². The number of phosphoric ester groups is 1. The fourth-order valence-electron chi connectivity index (χ4n) is 1.47. The number of aliphatic hydroxyl groups excluding tert-OH is 1. The Labute approximate surface area is 89.1 Å². The Morgan fingerprint density at radius 2 is 2.00 bits per heavy atom. The Morgan fingerprint density at radius 1 is 1.33 bits per heavy atom. The third-order valence-electron chi connectivity index (χ3n) is 2.30. The Bertz CT molecular complexity index is 227. The summed E-state index contributed by atoms with van der Waals surface area (Å²) in [5, 5.41) is 8.69. The molecule has 0 saturated heterocycles. The molecule has 0 amide bonds. The molecule has 1 aliphatic carbocycles. The fourth-order valence-corrected chi connectivity index (χ4v) is 1.79. The minimum atomic E-state index is -4.33. The van der Waals surface area contributed by atoms with Crippen LogP contribution in [0.25, 0.3) is 0 Å². The van der Waals surface area contributed by atoms with Crippen molar-refractivity contribution in [2.45, 2.75) is 25.3 Å². The fraction of sp³-hybridized carbons (Fsp3) is 1.00. The van der Waals surface area contributed by atoms with Crippen LogP contribution in [0.3, 0.4) is 0 Å². The van der Waals surface area contributed by atoms with E-state index >= 15 is 0 Å². The predicted molar refractivity (Wildman–Crippen MR) is 54.3 cm³/mol. The first-order valence-electron chi connectivity index (χ1n) is 5.08. The van der Waals surface area contributed by atoms with Crippen molar-refractivity contribution in [3.05, 3.63) is 0 Å². The molecule has 7 heteroatoms. The molecule has 0 unspecified atom stereocenters. The molecule has 3 N–H and O–H groups in total. The quantitative estimate of drug-likeness (QED) is 0.514. The molecule has 0 aromatic carbocycles. The Balaban J connectivity index is 2.17. The maximum Gasteiger partial charge on any atom is 0.469 e. The normalized spacial score (nSPS) is 17.3. The second-order valence-electron chi connectivity index (χ2n) is 3.67. The van der Waals surface area contributed by atoms with Crippen LogP contribution in [0, 0.1) is 0 Å². The first-order valence-corrected chi connectivity index (χ1v) is 6.61. The summed E-state index contributed by atoms with van der Waals surface area (Å²) in [6.45, 7) is 1.44. The van der Waals surface area contributed by atoms with Gasteiger partial charge in [-0.1, -0.05) is 0 Å². The van der Waals surface area contributed by atoms with Crippen LogP contribution in [0.5, 0.6) is 0 Å². The van der Waals surface area contributed by atoms with Crippen molar-refractivity contribution in [1.82, 2.24) is 4.90 Å². The summed E-state index contributed by atoms with van der Waals surface area (Å²) in [5.74, 6) is 0. The minimum Gasteiger partial charge on any atom is -0.396 e. The van der Waals surface area contributed by atoms with E-state index in [1.807, 2.05) is 0 Å². The van der Waals surface area contributed by atoms with Crippen LogP contribution in [0.15, 0.2) is 0 Å². The summed E-state index contributed by atoms with van der Waals surface area (Å²) in [5.41, 5.74) is 0. The van der Waals surface area contributed by atoms with Gasteiger partial charge in [-0.25, -0.2) is 4.57 Å². The maximum atomic E-state index is 10.4. The molecule has 1 rings (SSSR count). The number of aliphatic hydroxyl groups is 1. The molecular formula is C8H18NO5P. The topological polar surface area (TPSA) is 90.2 Å². The summed E-state index contributed by atoms with van der Waals surface area (Å²) in [4.78, 5) is 19.1. The lowest BCUT2D eigenvalue weighted by molar-refractivity contribution is 0.150. The lowest BCUT2D eigenvalue weighted by Crippen LogP contribution is -2.31. The van der Waals surface area contributed by atoms with Crippen LogP contribution >= 0.6 is 7.82 Å². The Morgan fingerprint density at radius 3 is 2.47 bits per heavy atom. The zero-order valence-corrected chi connectivity index (χ0v) is 9.47. The first-order chi connectivity index (χ1) is 7.03. The van der Waals surface area contributed by atoms with Gasteiger partial charge in [-0.3, -0.25) is 9.42 Å². The van der Waals surface area contributed by atoms with Crippen LogP contribution in [0.2, 0.25) is 0 Å². The summed E-state index contributed by atoms with van der Waals surface area (Å²) in [6.07, 6.45) is 2.94. The van der Waals surface area contributed by atoms with Crippen molar-refractivity contribution >= 4 is 7.82 Å². The standard InChI is InChI=1S/C8H18NO5P/c10-6-1-4-9(8-2-3-8)5-7-14-15(11,12)13/h8,10H,1-7H2,(H2,11,12,13). The van der Waals surface area contributed by atoms with Crippen LogP contribution < -0.4 is 0 Å². The molecule has 0 aliphatic heterocycles. The molecule has 1 saturated carbocycles. The van der Waals surface area contributed by atoms with Gasteiger partial charge >= 0.3 is 7.82 Å². The second-order valence-corrected chi connectivity index (χ2v) is 4.91. The van der Waals surface area contributed by atoms with Crippen molar-refractivity contribution in [2.75, 3.05) is 26.3 Å². The molecule has 6 nitrogen and oxygen atoms in total. The maximum absolute atomic E-state index is 10.4. The highest BCUT2D eigenvalue weighted by atomic mass is 31.2. The predicted octanol–water partition coefficient (Wildman–Crippen LogP) is -0.0575. The van der Waals surface area contributed by atoms with Crippen molar-refractivity contribution in [3.63, 3.8) is 0 Å². The highest BCUT2D eigenvalue weighted by molar-refractivity contribution is 7.46. The molecule has 90 valence electrons. The van der Waals surface area contributed by atoms with Crippen molar-refractivity contribution in [2.24, 2.45) is 0 Å². The van der Waals surface area contributed by atoms with E-state index in [1.165, 1.54) is 0 Å². The molecule has 0 bridgehead atoms. The molecule has 0 atom stereocenters. The number of nitrogens with zero attached hydrogens (tertiary/aromatic N) is 1. The van der Waals surface area contributed by atoms with Crippen molar-refractivity contribution in [1.29, 1.82) is 0 Å². The van der Waals surface area contributed by atoms with Gasteiger partial charge in [-0.05, 0) is 19.3 Å². The lowest BCUT2D eigenvalue weighted by atomic mass is 10.4. The van der Waals surface area contributed by atoms with Gasteiger partial charge in [0.05, 0.1) is 6.61 Å². The smallest absolute Gasteiger partial charge is 0.396 e. The van der Waals surface area contributed by atoms with Crippen LogP contribution in [0.1, 0.15) is 19.3 Å². The molecule has 15 heavy (non-hydrogen) atoms. The Hall–Kier alpha value is 0.0300. The van der Waals surface area contributed by atoms with E-state index in [0.717, 1.165) is 19.4 Å². The number of rotatable bonds is 8. The van der Waals surface area contributed by atoms with E-state index in [4.69, 9.17) is 14.9 Å². The van der Waals surface area contributed by atoms with Gasteiger partial charge in [-0.2, -0.15) is 0 Å². The van der Waals surface area contributed by atoms with Crippen LogP contribution in [0.4, 0.5) is 0 Å². The minimum absolute atomic E-state index is 0.0339. The zero-order chi connectivity index (χ0) is 11.3. The van der Waals surface area contributed by atoms with E-state index in [1.54, 1.807) is 0 Å². The van der Waals surface area contributed by atoms with Gasteiger partial charge in [0, 0.05) is 25.7 Å². The Kier molecular flexibility index (Phi) is 5.18. The number of hydrogen-bond acceptors (Lipinski definition) is 4. The molecule has 0 radical (unpaired) electrons. The van der Waals surface area contributed by atoms with Gasteiger partial charge in [0.25, 0.3) is 0 Å².